The van der Waals surface area contributed by atoms with Gasteiger partial charge in [-0.3, -0.25) is 0 Å². The first kappa shape index (κ1) is 19.2. The first-order valence-corrected chi connectivity index (χ1v) is 9.58. The van der Waals surface area contributed by atoms with E-state index >= 15 is 0 Å². The maximum absolute atomic E-state index is 5.81. The van der Waals surface area contributed by atoms with Gasteiger partial charge >= 0.3 is 0 Å². The average Bonchev–Trinajstić information content (AvgIpc) is 2.78. The molecule has 0 fully saturated rings. The molecule has 3 aromatic carbocycles. The van der Waals surface area contributed by atoms with Gasteiger partial charge in [-0.15, -0.1) is 5.10 Å². The molecule has 2 N–H and O–H groups in total. The second-order valence-corrected chi connectivity index (χ2v) is 6.31. The molecule has 1 heterocycles. The van der Waals surface area contributed by atoms with E-state index in [9.17, 15) is 0 Å². The minimum absolute atomic E-state index is 0.396. The lowest BCUT2D eigenvalue weighted by Gasteiger charge is -2.09. The molecule has 0 unspecified atom stereocenters. The summed E-state index contributed by atoms with van der Waals surface area (Å²) in [6.07, 6.45) is 1.57. The van der Waals surface area contributed by atoms with Gasteiger partial charge in [0.1, 0.15) is 17.2 Å². The van der Waals surface area contributed by atoms with Gasteiger partial charge in [-0.1, -0.05) is 18.2 Å². The number of anilines is 4. The molecule has 7 nitrogen and oxygen atoms in total. The van der Waals surface area contributed by atoms with Gasteiger partial charge in [-0.2, -0.15) is 10.1 Å². The van der Waals surface area contributed by atoms with Crippen LogP contribution in [0.1, 0.15) is 6.92 Å². The Morgan fingerprint density at radius 3 is 2.07 bits per heavy atom. The van der Waals surface area contributed by atoms with Crippen LogP contribution in [0.4, 0.5) is 23.1 Å². The zero-order valence-electron chi connectivity index (χ0n) is 16.4. The fourth-order valence-corrected chi connectivity index (χ4v) is 2.73. The molecular weight excluding hydrogens is 378 g/mol. The van der Waals surface area contributed by atoms with Crippen molar-refractivity contribution in [1.29, 1.82) is 0 Å². The lowest BCUT2D eigenvalue weighted by molar-refractivity contribution is 0.340. The molecule has 0 aliphatic carbocycles. The van der Waals surface area contributed by atoms with Crippen LogP contribution in [0.2, 0.25) is 0 Å². The number of nitrogens with zero attached hydrogens (tertiary/aromatic N) is 3. The van der Waals surface area contributed by atoms with Crippen molar-refractivity contribution in [3.8, 4) is 17.2 Å². The lowest BCUT2D eigenvalue weighted by Crippen LogP contribution is -2.02. The van der Waals surface area contributed by atoms with Crippen molar-refractivity contribution < 1.29 is 9.47 Å². The van der Waals surface area contributed by atoms with Crippen molar-refractivity contribution in [2.75, 3.05) is 17.2 Å². The standard InChI is InChI=1S/C23H21N5O2/c1-2-29-19-12-8-18(9-13-19)26-23-27-22(16-24-28-23)25-17-10-14-21(15-11-17)30-20-6-4-3-5-7-20/h3-16H,2H2,1H3,(H2,25,26,27,28). The summed E-state index contributed by atoms with van der Waals surface area (Å²) in [5.41, 5.74) is 1.71. The Kier molecular flexibility index (Phi) is 6.00. The summed E-state index contributed by atoms with van der Waals surface area (Å²) in [7, 11) is 0. The SMILES string of the molecule is CCOc1ccc(Nc2nncc(Nc3ccc(Oc4ccccc4)cc3)n2)cc1. The summed E-state index contributed by atoms with van der Waals surface area (Å²) in [5, 5.41) is 14.4. The van der Waals surface area contributed by atoms with Crippen LogP contribution in [-0.2, 0) is 0 Å². The highest BCUT2D eigenvalue weighted by atomic mass is 16.5. The molecule has 0 radical (unpaired) electrons. The summed E-state index contributed by atoms with van der Waals surface area (Å²) < 4.78 is 11.3. The Bertz CT molecular complexity index is 1070. The zero-order valence-corrected chi connectivity index (χ0v) is 16.4. The number of nitrogens with one attached hydrogen (secondary N) is 2. The quantitative estimate of drug-likeness (QED) is 0.402. The van der Waals surface area contributed by atoms with Crippen LogP contribution < -0.4 is 20.1 Å². The van der Waals surface area contributed by atoms with E-state index < -0.39 is 0 Å². The van der Waals surface area contributed by atoms with Crippen molar-refractivity contribution in [3.63, 3.8) is 0 Å². The minimum atomic E-state index is 0.396. The van der Waals surface area contributed by atoms with E-state index in [4.69, 9.17) is 9.47 Å². The van der Waals surface area contributed by atoms with E-state index in [-0.39, 0.29) is 0 Å². The molecule has 0 saturated heterocycles. The Balaban J connectivity index is 1.39. The van der Waals surface area contributed by atoms with Gasteiger partial charge in [0.25, 0.3) is 0 Å². The molecule has 0 aliphatic rings. The van der Waals surface area contributed by atoms with Crippen LogP contribution in [-0.4, -0.2) is 21.8 Å². The fourth-order valence-electron chi connectivity index (χ4n) is 2.73. The van der Waals surface area contributed by atoms with Gasteiger partial charge < -0.3 is 20.1 Å². The van der Waals surface area contributed by atoms with Crippen LogP contribution in [0.3, 0.4) is 0 Å². The van der Waals surface area contributed by atoms with Gasteiger partial charge in [0, 0.05) is 11.4 Å². The molecule has 4 rings (SSSR count). The molecule has 1 aromatic heterocycles. The zero-order chi connectivity index (χ0) is 20.6. The molecule has 30 heavy (non-hydrogen) atoms. The maximum atomic E-state index is 5.81. The molecule has 7 heteroatoms. The number of ether oxygens (including phenoxy) is 2. The van der Waals surface area contributed by atoms with Crippen LogP contribution in [0.5, 0.6) is 17.2 Å². The highest BCUT2D eigenvalue weighted by Gasteiger charge is 2.04. The number of hydrogen-bond donors (Lipinski definition) is 2. The van der Waals surface area contributed by atoms with Gasteiger partial charge in [-0.05, 0) is 67.6 Å². The fraction of sp³-hybridized carbons (Fsp3) is 0.0870. The van der Waals surface area contributed by atoms with Crippen molar-refractivity contribution in [3.05, 3.63) is 85.1 Å². The Hall–Kier alpha value is -4.13. The molecule has 150 valence electrons. The number of hydrogen-bond acceptors (Lipinski definition) is 7. The van der Waals surface area contributed by atoms with Gasteiger partial charge in [-0.25, -0.2) is 0 Å². The number of rotatable bonds is 8. The summed E-state index contributed by atoms with van der Waals surface area (Å²) in [6.45, 7) is 2.58. The first-order valence-electron chi connectivity index (χ1n) is 9.58. The molecule has 0 spiro atoms. The summed E-state index contributed by atoms with van der Waals surface area (Å²) in [5.74, 6) is 3.34. The average molecular weight is 399 g/mol. The third-order valence-electron chi connectivity index (χ3n) is 4.09. The normalized spacial score (nSPS) is 10.3. The van der Waals surface area contributed by atoms with E-state index in [0.29, 0.717) is 18.4 Å². The van der Waals surface area contributed by atoms with E-state index in [1.54, 1.807) is 6.20 Å². The molecule has 0 atom stereocenters. The van der Waals surface area contributed by atoms with Crippen LogP contribution in [0.15, 0.2) is 85.1 Å². The molecule has 0 amide bonds. The Labute approximate surface area is 174 Å². The molecule has 4 aromatic rings. The third kappa shape index (κ3) is 5.23. The third-order valence-corrected chi connectivity index (χ3v) is 4.09. The Morgan fingerprint density at radius 1 is 0.733 bits per heavy atom. The van der Waals surface area contributed by atoms with E-state index in [0.717, 1.165) is 28.6 Å². The predicted molar refractivity (Wildman–Crippen MR) is 117 cm³/mol. The second kappa shape index (κ2) is 9.38. The monoisotopic (exact) mass is 399 g/mol. The Morgan fingerprint density at radius 2 is 1.37 bits per heavy atom. The molecule has 0 bridgehead atoms. The van der Waals surface area contributed by atoms with Crippen LogP contribution in [0.25, 0.3) is 0 Å². The van der Waals surface area contributed by atoms with Crippen molar-refractivity contribution >= 4 is 23.1 Å². The highest BCUT2D eigenvalue weighted by molar-refractivity contribution is 5.59. The predicted octanol–water partition coefficient (Wildman–Crippen LogP) is 5.55. The van der Waals surface area contributed by atoms with E-state index in [1.807, 2.05) is 85.8 Å². The summed E-state index contributed by atoms with van der Waals surface area (Å²) in [4.78, 5) is 4.45. The van der Waals surface area contributed by atoms with Crippen LogP contribution in [0, 0.1) is 0 Å². The van der Waals surface area contributed by atoms with Gasteiger partial charge in [0.2, 0.25) is 5.95 Å². The van der Waals surface area contributed by atoms with Crippen molar-refractivity contribution in [1.82, 2.24) is 15.2 Å². The number of aromatic nitrogens is 3. The van der Waals surface area contributed by atoms with E-state index in [1.165, 1.54) is 0 Å². The van der Waals surface area contributed by atoms with Crippen molar-refractivity contribution in [2.24, 2.45) is 0 Å². The largest absolute Gasteiger partial charge is 0.494 e. The molecule has 0 aliphatic heterocycles. The number of para-hydroxylation sites is 1. The van der Waals surface area contributed by atoms with E-state index in [2.05, 4.69) is 25.8 Å². The number of benzene rings is 3. The van der Waals surface area contributed by atoms with Crippen molar-refractivity contribution in [2.45, 2.75) is 6.92 Å². The van der Waals surface area contributed by atoms with Crippen LogP contribution >= 0.6 is 0 Å². The summed E-state index contributed by atoms with van der Waals surface area (Å²) in [6, 6.07) is 24.9. The topological polar surface area (TPSA) is 81.2 Å². The minimum Gasteiger partial charge on any atom is -0.494 e. The smallest absolute Gasteiger partial charge is 0.249 e. The molecular formula is C23H21N5O2. The van der Waals surface area contributed by atoms with Gasteiger partial charge in [0.05, 0.1) is 12.8 Å². The maximum Gasteiger partial charge on any atom is 0.249 e. The molecule has 0 saturated carbocycles. The lowest BCUT2D eigenvalue weighted by atomic mass is 10.3. The summed E-state index contributed by atoms with van der Waals surface area (Å²) >= 11 is 0. The highest BCUT2D eigenvalue weighted by Crippen LogP contribution is 2.24. The van der Waals surface area contributed by atoms with Gasteiger partial charge in [0.15, 0.2) is 5.82 Å². The first-order chi connectivity index (χ1) is 14.8. The second-order valence-electron chi connectivity index (χ2n) is 6.31.